The van der Waals surface area contributed by atoms with Crippen molar-refractivity contribution in [1.29, 1.82) is 0 Å². The lowest BCUT2D eigenvalue weighted by atomic mass is 10.1. The van der Waals surface area contributed by atoms with E-state index in [9.17, 15) is 26.0 Å². The number of alkyl halides is 3. The Morgan fingerprint density at radius 3 is 2.29 bits per heavy atom. The Morgan fingerprint density at radius 2 is 1.75 bits per heavy atom. The van der Waals surface area contributed by atoms with Crippen LogP contribution in [0.4, 0.5) is 17.6 Å². The average molecular weight is 496 g/mol. The van der Waals surface area contributed by atoms with Gasteiger partial charge in [-0.2, -0.15) is 21.6 Å². The van der Waals surface area contributed by atoms with Crippen molar-refractivity contribution in [3.63, 3.8) is 0 Å². The predicted molar refractivity (Wildman–Crippen MR) is 76.7 cm³/mol. The Balaban J connectivity index is 0.000000202. The molecule has 0 spiro atoms. The van der Waals surface area contributed by atoms with E-state index in [4.69, 9.17) is 16.2 Å². The molecule has 2 aromatic carbocycles. The average Bonchev–Trinajstić information content (AvgIpc) is 2.80. The van der Waals surface area contributed by atoms with E-state index in [1.807, 2.05) is 18.2 Å². The number of benzene rings is 2. The molecule has 3 nitrogen and oxygen atoms in total. The maximum Gasteiger partial charge on any atom is 0.405 e. The van der Waals surface area contributed by atoms with E-state index in [-0.39, 0.29) is 5.82 Å². The minimum absolute atomic E-state index is 0.113. The highest BCUT2D eigenvalue weighted by Crippen LogP contribution is 2.30. The largest absolute Gasteiger partial charge is 0.405 e. The molecule has 0 aliphatic carbocycles. The topological polar surface area (TPSA) is 54.4 Å². The predicted octanol–water partition coefficient (Wildman–Crippen LogP) is 1.02. The number of hydrogen-bond acceptors (Lipinski definition) is 2. The van der Waals surface area contributed by atoms with Crippen LogP contribution in [0.25, 0.3) is 11.1 Å². The van der Waals surface area contributed by atoms with E-state index in [1.54, 1.807) is 6.07 Å². The number of fused-ring (bicyclic) bond motifs is 3. The molecular weight excluding hydrogens is 487 g/mol. The van der Waals surface area contributed by atoms with Gasteiger partial charge in [0.15, 0.2) is 11.6 Å². The SMILES string of the molecule is Fc1ccc(Cl)c2c1[I+]c1ccccc1-2.O=S(=O)(O)CC(F)(F)F. The maximum absolute atomic E-state index is 13.6. The van der Waals surface area contributed by atoms with Crippen LogP contribution < -0.4 is 21.2 Å². The zero-order valence-electron chi connectivity index (χ0n) is 11.6. The summed E-state index contributed by atoms with van der Waals surface area (Å²) in [7, 11) is -4.91. The van der Waals surface area contributed by atoms with Gasteiger partial charge >= 0.3 is 27.4 Å². The van der Waals surface area contributed by atoms with Crippen molar-refractivity contribution in [2.45, 2.75) is 6.18 Å². The smallest absolute Gasteiger partial charge is 0.285 e. The first-order chi connectivity index (χ1) is 11.0. The van der Waals surface area contributed by atoms with Crippen LogP contribution in [0.3, 0.4) is 0 Å². The van der Waals surface area contributed by atoms with Gasteiger partial charge in [0.1, 0.15) is 0 Å². The summed E-state index contributed by atoms with van der Waals surface area (Å²) in [5.41, 5.74) is 2.03. The van der Waals surface area contributed by atoms with Gasteiger partial charge in [-0.3, -0.25) is 4.55 Å². The van der Waals surface area contributed by atoms with E-state index in [0.29, 0.717) is 5.02 Å². The van der Waals surface area contributed by atoms with Crippen molar-refractivity contribution >= 4 is 21.7 Å². The van der Waals surface area contributed by atoms with Gasteiger partial charge in [-0.05, 0) is 24.3 Å². The lowest BCUT2D eigenvalue weighted by Gasteiger charge is -2.00. The normalized spacial score (nSPS) is 12.9. The molecule has 0 bridgehead atoms. The second-order valence-corrected chi connectivity index (χ2v) is 9.27. The molecule has 0 saturated carbocycles. The van der Waals surface area contributed by atoms with Gasteiger partial charge in [0.05, 0.1) is 10.6 Å². The van der Waals surface area contributed by atoms with Crippen LogP contribution in [0, 0.1) is 13.0 Å². The molecule has 1 aliphatic rings. The summed E-state index contributed by atoms with van der Waals surface area (Å²) in [5, 5.41) is 0.663. The molecule has 130 valence electrons. The van der Waals surface area contributed by atoms with E-state index in [2.05, 4.69) is 6.07 Å². The molecular formula is C14H9ClF4IO3S+. The van der Waals surface area contributed by atoms with Crippen LogP contribution in [0.15, 0.2) is 36.4 Å². The quantitative estimate of drug-likeness (QED) is 0.238. The zero-order chi connectivity index (χ0) is 18.1. The van der Waals surface area contributed by atoms with E-state index in [1.165, 1.54) is 9.64 Å². The van der Waals surface area contributed by atoms with Crippen LogP contribution in [0.5, 0.6) is 0 Å². The second kappa shape index (κ2) is 7.14. The summed E-state index contributed by atoms with van der Waals surface area (Å²) in [6, 6.07) is 11.2. The Hall–Kier alpha value is -0.910. The molecule has 0 fully saturated rings. The third-order valence-electron chi connectivity index (χ3n) is 2.73. The molecule has 0 saturated heterocycles. The molecule has 3 rings (SSSR count). The summed E-state index contributed by atoms with van der Waals surface area (Å²) < 4.78 is 75.3. The fraction of sp³-hybridized carbons (Fsp3) is 0.143. The molecule has 0 atom stereocenters. The van der Waals surface area contributed by atoms with Gasteiger partial charge in [-0.1, -0.05) is 23.7 Å². The summed E-state index contributed by atoms with van der Waals surface area (Å²) >= 11 is 5.73. The first-order valence-electron chi connectivity index (χ1n) is 6.22. The van der Waals surface area contributed by atoms with Gasteiger partial charge in [0.2, 0.25) is 7.14 Å². The third-order valence-corrected chi connectivity index (χ3v) is 6.85. The van der Waals surface area contributed by atoms with Crippen molar-refractivity contribution in [1.82, 2.24) is 0 Å². The van der Waals surface area contributed by atoms with Crippen molar-refractivity contribution in [2.75, 3.05) is 5.75 Å². The van der Waals surface area contributed by atoms with E-state index >= 15 is 0 Å². The van der Waals surface area contributed by atoms with Gasteiger partial charge in [-0.15, -0.1) is 0 Å². The standard InChI is InChI=1S/C12H6ClFI.C2H3F3O3S/c13-8-5-6-9(14)12-11(8)7-3-1-2-4-10(7)15-12;3-2(4,5)1-9(6,7)8/h1-6H;1H2,(H,6,7,8)/q+1;. The molecule has 2 aromatic rings. The first-order valence-corrected chi connectivity index (χ1v) is 10.4. The molecule has 1 N–H and O–H groups in total. The van der Waals surface area contributed by atoms with Crippen molar-refractivity contribution in [2.24, 2.45) is 0 Å². The molecule has 0 amide bonds. The molecule has 10 heteroatoms. The van der Waals surface area contributed by atoms with Crippen molar-refractivity contribution < 1.29 is 51.7 Å². The van der Waals surface area contributed by atoms with Crippen LogP contribution in [0.2, 0.25) is 5.02 Å². The van der Waals surface area contributed by atoms with E-state index in [0.717, 1.165) is 14.7 Å². The van der Waals surface area contributed by atoms with Gasteiger partial charge in [0, 0.05) is 5.56 Å². The molecule has 0 aromatic heterocycles. The van der Waals surface area contributed by atoms with E-state index < -0.39 is 43.3 Å². The first kappa shape index (κ1) is 19.4. The molecule has 24 heavy (non-hydrogen) atoms. The van der Waals surface area contributed by atoms with Crippen LogP contribution >= 0.6 is 11.6 Å². The van der Waals surface area contributed by atoms with Crippen LogP contribution in [0.1, 0.15) is 0 Å². The highest BCUT2D eigenvalue weighted by Gasteiger charge is 2.37. The minimum atomic E-state index is -4.91. The molecule has 0 unspecified atom stereocenters. The molecule has 1 heterocycles. The Labute approximate surface area is 150 Å². The summed E-state index contributed by atoms with van der Waals surface area (Å²) in [6.07, 6.45) is -4.85. The minimum Gasteiger partial charge on any atom is -0.285 e. The second-order valence-electron chi connectivity index (χ2n) is 4.63. The zero-order valence-corrected chi connectivity index (χ0v) is 15.3. The molecule has 1 aliphatic heterocycles. The fourth-order valence-corrected chi connectivity index (χ4v) is 5.75. The van der Waals surface area contributed by atoms with Crippen LogP contribution in [-0.2, 0) is 10.1 Å². The van der Waals surface area contributed by atoms with Crippen molar-refractivity contribution in [3.8, 4) is 11.1 Å². The monoisotopic (exact) mass is 495 g/mol. The van der Waals surface area contributed by atoms with Gasteiger partial charge < -0.3 is 0 Å². The fourth-order valence-electron chi connectivity index (χ4n) is 1.92. The Morgan fingerprint density at radius 1 is 1.12 bits per heavy atom. The highest BCUT2D eigenvalue weighted by atomic mass is 127. The highest BCUT2D eigenvalue weighted by molar-refractivity contribution is 7.85. The third kappa shape index (κ3) is 5.04. The summed E-state index contributed by atoms with van der Waals surface area (Å²) in [4.78, 5) is 0. The van der Waals surface area contributed by atoms with Gasteiger partial charge in [-0.25, -0.2) is 4.39 Å². The Kier molecular flexibility index (Phi) is 5.78. The summed E-state index contributed by atoms with van der Waals surface area (Å²) in [6.45, 7) is 0. The number of rotatable bonds is 1. The lowest BCUT2D eigenvalue weighted by molar-refractivity contribution is -0.592. The Bertz CT molecular complexity index is 869. The van der Waals surface area contributed by atoms with Crippen LogP contribution in [-0.4, -0.2) is 24.9 Å². The molecule has 0 radical (unpaired) electrons. The van der Waals surface area contributed by atoms with Gasteiger partial charge in [0.25, 0.3) is 10.1 Å². The maximum atomic E-state index is 13.6. The number of hydrogen-bond donors (Lipinski definition) is 1. The summed E-state index contributed by atoms with van der Waals surface area (Å²) in [5.74, 6) is -2.29. The lowest BCUT2D eigenvalue weighted by Crippen LogP contribution is -3.61. The van der Waals surface area contributed by atoms with Crippen molar-refractivity contribution in [3.05, 3.63) is 54.4 Å². The number of halogens is 6.